The average molecular weight is 367 g/mol. The minimum Gasteiger partial charge on any atom is -0.356 e. The van der Waals surface area contributed by atoms with Crippen molar-refractivity contribution in [1.82, 2.24) is 10.6 Å². The van der Waals surface area contributed by atoms with Gasteiger partial charge in [0.2, 0.25) is 0 Å². The number of alkyl halides is 3. The Morgan fingerprint density at radius 3 is 2.18 bits per heavy atom. The summed E-state index contributed by atoms with van der Waals surface area (Å²) in [5.74, 6) is 0.431. The van der Waals surface area contributed by atoms with Gasteiger partial charge >= 0.3 is 6.18 Å². The van der Waals surface area contributed by atoms with E-state index in [-0.39, 0.29) is 30.5 Å². The van der Waals surface area contributed by atoms with E-state index in [0.29, 0.717) is 5.96 Å². The lowest BCUT2D eigenvalue weighted by molar-refractivity contribution is -0.132. The number of nitrogens with one attached hydrogen (secondary N) is 2. The van der Waals surface area contributed by atoms with Crippen molar-refractivity contribution in [3.05, 3.63) is 0 Å². The van der Waals surface area contributed by atoms with Gasteiger partial charge in [0.15, 0.2) is 5.96 Å². The molecule has 0 radical (unpaired) electrons. The van der Waals surface area contributed by atoms with E-state index >= 15 is 0 Å². The van der Waals surface area contributed by atoms with Crippen LogP contribution in [-0.4, -0.2) is 32.3 Å². The fourth-order valence-corrected chi connectivity index (χ4v) is 1.13. The standard InChI is InChI=1S/C10H20F3N3.HI/c1-3-4-5-7-15-9(14-2)16-8-6-10(11,12)13;/h3-8H2,1-2H3,(H2,14,15,16);1H. The highest BCUT2D eigenvalue weighted by Gasteiger charge is 2.26. The minimum absolute atomic E-state index is 0. The molecule has 0 atom stereocenters. The van der Waals surface area contributed by atoms with E-state index in [1.54, 1.807) is 7.05 Å². The number of hydrogen-bond acceptors (Lipinski definition) is 1. The summed E-state index contributed by atoms with van der Waals surface area (Å²) in [7, 11) is 1.54. The largest absolute Gasteiger partial charge is 0.390 e. The number of halogens is 4. The lowest BCUT2D eigenvalue weighted by atomic mass is 10.2. The molecule has 0 aromatic carbocycles. The molecule has 0 aliphatic heterocycles. The van der Waals surface area contributed by atoms with Crippen LogP contribution in [0.3, 0.4) is 0 Å². The summed E-state index contributed by atoms with van der Waals surface area (Å²) >= 11 is 0. The number of unbranched alkanes of at least 4 members (excludes halogenated alkanes) is 2. The van der Waals surface area contributed by atoms with Gasteiger partial charge in [-0.2, -0.15) is 13.2 Å². The maximum Gasteiger partial charge on any atom is 0.390 e. The first kappa shape index (κ1) is 19.1. The molecule has 0 aliphatic rings. The van der Waals surface area contributed by atoms with Crippen molar-refractivity contribution in [2.75, 3.05) is 20.1 Å². The zero-order chi connectivity index (χ0) is 12.4. The van der Waals surface area contributed by atoms with Crippen LogP contribution in [0.5, 0.6) is 0 Å². The molecule has 0 unspecified atom stereocenters. The first-order valence-corrected chi connectivity index (χ1v) is 5.51. The van der Waals surface area contributed by atoms with E-state index in [2.05, 4.69) is 22.5 Å². The van der Waals surface area contributed by atoms with Crippen LogP contribution < -0.4 is 10.6 Å². The SMILES string of the molecule is CCCCCNC(=NC)NCCC(F)(F)F.I. The van der Waals surface area contributed by atoms with Gasteiger partial charge in [0.1, 0.15) is 0 Å². The molecule has 3 nitrogen and oxygen atoms in total. The topological polar surface area (TPSA) is 36.4 Å². The lowest BCUT2D eigenvalue weighted by Gasteiger charge is -2.12. The van der Waals surface area contributed by atoms with Crippen molar-refractivity contribution in [1.29, 1.82) is 0 Å². The van der Waals surface area contributed by atoms with Gasteiger partial charge < -0.3 is 10.6 Å². The Labute approximate surface area is 118 Å². The van der Waals surface area contributed by atoms with Gasteiger partial charge in [-0.3, -0.25) is 4.99 Å². The van der Waals surface area contributed by atoms with Crippen LogP contribution in [0.2, 0.25) is 0 Å². The van der Waals surface area contributed by atoms with Gasteiger partial charge in [-0.05, 0) is 6.42 Å². The van der Waals surface area contributed by atoms with Crippen LogP contribution in [0, 0.1) is 0 Å². The van der Waals surface area contributed by atoms with Gasteiger partial charge in [-0.15, -0.1) is 24.0 Å². The van der Waals surface area contributed by atoms with Crippen molar-refractivity contribution in [3.63, 3.8) is 0 Å². The average Bonchev–Trinajstić information content (AvgIpc) is 2.20. The summed E-state index contributed by atoms with van der Waals surface area (Å²) in [6.45, 7) is 2.69. The Balaban J connectivity index is 0. The summed E-state index contributed by atoms with van der Waals surface area (Å²) in [6.07, 6.45) is -1.75. The van der Waals surface area contributed by atoms with Crippen molar-refractivity contribution < 1.29 is 13.2 Å². The van der Waals surface area contributed by atoms with Crippen molar-refractivity contribution in [2.24, 2.45) is 4.99 Å². The molecular weight excluding hydrogens is 346 g/mol. The lowest BCUT2D eigenvalue weighted by Crippen LogP contribution is -2.39. The number of aliphatic imine (C=N–C) groups is 1. The Kier molecular flexibility index (Phi) is 12.3. The predicted molar refractivity (Wildman–Crippen MR) is 75.0 cm³/mol. The Morgan fingerprint density at radius 2 is 1.71 bits per heavy atom. The Hall–Kier alpha value is -0.210. The molecule has 0 saturated heterocycles. The molecular formula is C10H21F3IN3. The zero-order valence-electron chi connectivity index (χ0n) is 10.2. The molecule has 0 aliphatic carbocycles. The number of hydrogen-bond donors (Lipinski definition) is 2. The third kappa shape index (κ3) is 13.7. The number of nitrogens with zero attached hydrogens (tertiary/aromatic N) is 1. The van der Waals surface area contributed by atoms with Crippen LogP contribution in [0.1, 0.15) is 32.6 Å². The van der Waals surface area contributed by atoms with Gasteiger partial charge in [0, 0.05) is 20.1 Å². The highest BCUT2D eigenvalue weighted by molar-refractivity contribution is 14.0. The third-order valence-corrected chi connectivity index (χ3v) is 2.00. The fraction of sp³-hybridized carbons (Fsp3) is 0.900. The van der Waals surface area contributed by atoms with Crippen LogP contribution >= 0.6 is 24.0 Å². The molecule has 104 valence electrons. The molecule has 0 spiro atoms. The summed E-state index contributed by atoms with van der Waals surface area (Å²) in [6, 6.07) is 0. The normalized spacial score (nSPS) is 11.9. The van der Waals surface area contributed by atoms with E-state index in [4.69, 9.17) is 0 Å². The molecule has 0 amide bonds. The van der Waals surface area contributed by atoms with Crippen molar-refractivity contribution in [2.45, 2.75) is 38.8 Å². The molecule has 0 rings (SSSR count). The monoisotopic (exact) mass is 367 g/mol. The van der Waals surface area contributed by atoms with Crippen molar-refractivity contribution in [3.8, 4) is 0 Å². The van der Waals surface area contributed by atoms with Gasteiger partial charge in [0.05, 0.1) is 6.42 Å². The molecule has 0 saturated carbocycles. The molecule has 2 N–H and O–H groups in total. The van der Waals surface area contributed by atoms with E-state index < -0.39 is 12.6 Å². The Morgan fingerprint density at radius 1 is 1.12 bits per heavy atom. The minimum atomic E-state index is -4.12. The molecule has 17 heavy (non-hydrogen) atoms. The summed E-state index contributed by atoms with van der Waals surface area (Å²) in [5.41, 5.74) is 0. The summed E-state index contributed by atoms with van der Waals surface area (Å²) in [5, 5.41) is 5.58. The Bertz CT molecular complexity index is 207. The van der Waals surface area contributed by atoms with E-state index in [1.165, 1.54) is 0 Å². The van der Waals surface area contributed by atoms with Crippen LogP contribution in [0.4, 0.5) is 13.2 Å². The molecule has 7 heteroatoms. The predicted octanol–water partition coefficient (Wildman–Crippen LogP) is 2.91. The zero-order valence-corrected chi connectivity index (χ0v) is 12.6. The van der Waals surface area contributed by atoms with Crippen LogP contribution in [-0.2, 0) is 0 Å². The van der Waals surface area contributed by atoms with Gasteiger partial charge in [-0.1, -0.05) is 19.8 Å². The van der Waals surface area contributed by atoms with Gasteiger partial charge in [-0.25, -0.2) is 0 Å². The van der Waals surface area contributed by atoms with Crippen molar-refractivity contribution >= 4 is 29.9 Å². The molecule has 0 fully saturated rings. The highest BCUT2D eigenvalue weighted by Crippen LogP contribution is 2.17. The summed E-state index contributed by atoms with van der Waals surface area (Å²) in [4.78, 5) is 3.83. The second-order valence-electron chi connectivity index (χ2n) is 3.50. The first-order chi connectivity index (χ1) is 7.49. The number of rotatable bonds is 6. The third-order valence-electron chi connectivity index (χ3n) is 2.00. The first-order valence-electron chi connectivity index (χ1n) is 5.51. The summed E-state index contributed by atoms with van der Waals surface area (Å²) < 4.78 is 35.6. The molecule has 0 aromatic heterocycles. The second kappa shape index (κ2) is 10.9. The van der Waals surface area contributed by atoms with Crippen LogP contribution in [0.15, 0.2) is 4.99 Å². The molecule has 0 heterocycles. The number of guanidine groups is 1. The maximum atomic E-state index is 11.9. The fourth-order valence-electron chi connectivity index (χ4n) is 1.13. The highest BCUT2D eigenvalue weighted by atomic mass is 127. The quantitative estimate of drug-likeness (QED) is 0.328. The van der Waals surface area contributed by atoms with E-state index in [9.17, 15) is 13.2 Å². The molecule has 0 aromatic rings. The van der Waals surface area contributed by atoms with E-state index in [0.717, 1.165) is 25.8 Å². The van der Waals surface area contributed by atoms with Crippen LogP contribution in [0.25, 0.3) is 0 Å². The maximum absolute atomic E-state index is 11.9. The smallest absolute Gasteiger partial charge is 0.356 e. The second-order valence-corrected chi connectivity index (χ2v) is 3.50. The van der Waals surface area contributed by atoms with Gasteiger partial charge in [0.25, 0.3) is 0 Å². The molecule has 0 bridgehead atoms. The van der Waals surface area contributed by atoms with E-state index in [1.807, 2.05) is 0 Å².